The van der Waals surface area contributed by atoms with Gasteiger partial charge in [0.1, 0.15) is 0 Å². The molecule has 0 bridgehead atoms. The third-order valence-corrected chi connectivity index (χ3v) is 1.33. The minimum atomic E-state index is 1.50. The third-order valence-electron chi connectivity index (χ3n) is 1.33. The van der Waals surface area contributed by atoms with E-state index in [9.17, 15) is 0 Å². The highest BCUT2D eigenvalue weighted by Gasteiger charge is 1.58. The standard InChI is InChI=1S/2C6H6.HN3.N3/c2*1-2-4-6-5-3-1;2*1-3-2/h2*1-6H;1H;/q;;;-1. The number of nitrogens with one attached hydrogen (secondary N) is 1. The summed E-state index contributed by atoms with van der Waals surface area (Å²) < 4.78 is 0. The number of nitrogens with zero attached hydrogens (tertiary/aromatic N) is 5. The van der Waals surface area contributed by atoms with E-state index in [0.29, 0.717) is 0 Å². The van der Waals surface area contributed by atoms with Crippen molar-refractivity contribution >= 4 is 0 Å². The summed E-state index contributed by atoms with van der Waals surface area (Å²) >= 11 is 0. The molecule has 0 atom stereocenters. The molecule has 0 fully saturated rings. The fraction of sp³-hybridized carbons (Fsp3) is 0. The summed E-state index contributed by atoms with van der Waals surface area (Å²) in [5.41, 5.74) is 25.8. The average Bonchev–Trinajstić information content (AvgIpc) is 2.45. The Bertz CT molecular complexity index is 320. The van der Waals surface area contributed by atoms with E-state index in [2.05, 4.69) is 0 Å². The van der Waals surface area contributed by atoms with E-state index >= 15 is 0 Å². The highest BCUT2D eigenvalue weighted by atomic mass is 15.0. The highest BCUT2D eigenvalue weighted by Crippen LogP contribution is 1.80. The van der Waals surface area contributed by atoms with Crippen LogP contribution in [0.25, 0.3) is 26.4 Å². The summed E-state index contributed by atoms with van der Waals surface area (Å²) in [5.74, 6) is 0. The Labute approximate surface area is 105 Å². The Morgan fingerprint density at radius 1 is 0.500 bits per heavy atom. The van der Waals surface area contributed by atoms with Crippen LogP contribution in [0, 0.1) is 5.53 Å². The lowest BCUT2D eigenvalue weighted by molar-refractivity contribution is 1.45. The number of benzene rings is 2. The predicted molar refractivity (Wildman–Crippen MR) is 72.4 cm³/mol. The fourth-order valence-corrected chi connectivity index (χ4v) is 0.770. The SMILES string of the molecule is [N-]=[N+]=N.[N-]=[N+]=[N-].c1ccccc1.c1ccccc1. The molecule has 6 heteroatoms. The zero-order valence-corrected chi connectivity index (χ0v) is 9.66. The van der Waals surface area contributed by atoms with Crippen LogP contribution in [-0.2, 0) is 0 Å². The smallest absolute Gasteiger partial charge is 0.00208 e. The van der Waals surface area contributed by atoms with Crippen LogP contribution in [-0.4, -0.2) is 0 Å². The Kier molecular flexibility index (Phi) is 19.0. The molecule has 0 saturated heterocycles. The largest absolute Gasteiger partial charge is 0.373 e. The molecule has 2 aromatic carbocycles. The number of rotatable bonds is 0. The molecule has 2 rings (SSSR count). The molecule has 0 aliphatic rings. The van der Waals surface area contributed by atoms with Gasteiger partial charge in [0.05, 0.1) is 0 Å². The van der Waals surface area contributed by atoms with E-state index in [-0.39, 0.29) is 0 Å². The molecule has 0 spiro atoms. The second-order valence-electron chi connectivity index (χ2n) is 2.50. The van der Waals surface area contributed by atoms with Gasteiger partial charge < -0.3 is 11.1 Å². The van der Waals surface area contributed by atoms with Crippen LogP contribution in [0.2, 0.25) is 0 Å². The maximum Gasteiger partial charge on any atom is -0.00208 e. The van der Waals surface area contributed by atoms with Crippen molar-refractivity contribution in [3.8, 4) is 0 Å². The van der Waals surface area contributed by atoms with E-state index in [1.807, 2.05) is 72.8 Å². The molecular formula is C12H13N6-. The van der Waals surface area contributed by atoms with Gasteiger partial charge in [-0.25, -0.2) is 0 Å². The van der Waals surface area contributed by atoms with Gasteiger partial charge in [0.25, 0.3) is 0 Å². The van der Waals surface area contributed by atoms with Gasteiger partial charge in [-0.1, -0.05) is 72.8 Å². The molecule has 0 heterocycles. The van der Waals surface area contributed by atoms with E-state index in [1.54, 1.807) is 4.91 Å². The number of hydrogen-bond acceptors (Lipinski definition) is 1. The molecule has 0 radical (unpaired) electrons. The van der Waals surface area contributed by atoms with Crippen molar-refractivity contribution in [1.29, 1.82) is 5.53 Å². The molecular weight excluding hydrogens is 228 g/mol. The Morgan fingerprint density at radius 3 is 0.611 bits per heavy atom. The van der Waals surface area contributed by atoms with Crippen molar-refractivity contribution in [2.75, 3.05) is 0 Å². The lowest BCUT2D eigenvalue weighted by Gasteiger charge is -1.69. The molecule has 2 aromatic rings. The van der Waals surface area contributed by atoms with Crippen molar-refractivity contribution in [2.24, 2.45) is 0 Å². The van der Waals surface area contributed by atoms with Gasteiger partial charge in [-0.15, -0.1) is 5.53 Å². The van der Waals surface area contributed by atoms with E-state index < -0.39 is 0 Å². The maximum absolute atomic E-state index is 6.86. The molecule has 0 aliphatic carbocycles. The second-order valence-corrected chi connectivity index (χ2v) is 2.50. The van der Waals surface area contributed by atoms with Crippen molar-refractivity contribution in [3.05, 3.63) is 99.2 Å². The van der Waals surface area contributed by atoms with Gasteiger partial charge in [0.15, 0.2) is 0 Å². The lowest BCUT2D eigenvalue weighted by Crippen LogP contribution is -1.47. The molecule has 0 amide bonds. The van der Waals surface area contributed by atoms with Crippen molar-refractivity contribution in [3.63, 3.8) is 0 Å². The van der Waals surface area contributed by atoms with Crippen LogP contribution in [0.3, 0.4) is 0 Å². The number of hydrogen-bond donors (Lipinski definition) is 1. The Balaban J connectivity index is 0. The van der Waals surface area contributed by atoms with Crippen LogP contribution in [0.5, 0.6) is 0 Å². The highest BCUT2D eigenvalue weighted by molar-refractivity contribution is 4.99. The molecule has 0 aliphatic heterocycles. The molecule has 0 aromatic heterocycles. The zero-order valence-electron chi connectivity index (χ0n) is 9.66. The topological polar surface area (TPSA) is 119 Å². The van der Waals surface area contributed by atoms with Gasteiger partial charge in [0, 0.05) is 0 Å². The van der Waals surface area contributed by atoms with Gasteiger partial charge in [-0.05, 0) is 10.4 Å². The maximum atomic E-state index is 6.86. The first-order valence-corrected chi connectivity index (χ1v) is 4.82. The zero-order chi connectivity index (χ0) is 13.9. The minimum absolute atomic E-state index is 1.50. The van der Waals surface area contributed by atoms with Gasteiger partial charge in [0.2, 0.25) is 0 Å². The summed E-state index contributed by atoms with van der Waals surface area (Å²) in [6.07, 6.45) is 0. The normalized spacial score (nSPS) is 6.22. The molecule has 0 saturated carbocycles. The van der Waals surface area contributed by atoms with Crippen LogP contribution in [0.4, 0.5) is 0 Å². The molecule has 0 unspecified atom stereocenters. The summed E-state index contributed by atoms with van der Waals surface area (Å²) in [7, 11) is 0. The van der Waals surface area contributed by atoms with Gasteiger partial charge >= 0.3 is 0 Å². The first-order chi connectivity index (χ1) is 8.83. The molecule has 6 nitrogen and oxygen atoms in total. The minimum Gasteiger partial charge on any atom is -0.373 e. The Hall–Kier alpha value is -2.94. The Morgan fingerprint density at radius 2 is 0.556 bits per heavy atom. The van der Waals surface area contributed by atoms with Gasteiger partial charge in [-0.2, -0.15) is 0 Å². The first kappa shape index (κ1) is 17.5. The summed E-state index contributed by atoms with van der Waals surface area (Å²) in [6, 6.07) is 24.0. The fourth-order valence-electron chi connectivity index (χ4n) is 0.770. The monoisotopic (exact) mass is 241 g/mol. The lowest BCUT2D eigenvalue weighted by atomic mass is 10.4. The van der Waals surface area contributed by atoms with E-state index in [4.69, 9.17) is 22.1 Å². The summed E-state index contributed by atoms with van der Waals surface area (Å²) in [4.78, 5) is 3.25. The van der Waals surface area contributed by atoms with Crippen molar-refractivity contribution in [2.45, 2.75) is 0 Å². The molecule has 1 N–H and O–H groups in total. The van der Waals surface area contributed by atoms with Gasteiger partial charge in [-0.3, -0.25) is 4.91 Å². The first-order valence-electron chi connectivity index (χ1n) is 4.82. The summed E-state index contributed by atoms with van der Waals surface area (Å²) in [5, 5.41) is 0. The summed E-state index contributed by atoms with van der Waals surface area (Å²) in [6.45, 7) is 0. The van der Waals surface area contributed by atoms with Crippen LogP contribution in [0.15, 0.2) is 72.8 Å². The quantitative estimate of drug-likeness (QED) is 0.374. The average molecular weight is 241 g/mol. The third kappa shape index (κ3) is 23.1. The van der Waals surface area contributed by atoms with Crippen molar-refractivity contribution < 1.29 is 0 Å². The molecule has 18 heavy (non-hydrogen) atoms. The van der Waals surface area contributed by atoms with Crippen LogP contribution in [0.1, 0.15) is 0 Å². The van der Waals surface area contributed by atoms with Crippen LogP contribution >= 0.6 is 0 Å². The predicted octanol–water partition coefficient (Wildman–Crippen LogP) is 5.11. The van der Waals surface area contributed by atoms with Crippen molar-refractivity contribution in [1.82, 2.24) is 0 Å². The molecule has 92 valence electrons. The van der Waals surface area contributed by atoms with E-state index in [1.165, 1.54) is 4.91 Å². The van der Waals surface area contributed by atoms with E-state index in [0.717, 1.165) is 0 Å². The second kappa shape index (κ2) is 19.6. The van der Waals surface area contributed by atoms with Crippen LogP contribution < -0.4 is 0 Å².